The molecule has 1 amide bonds. The van der Waals surface area contributed by atoms with Gasteiger partial charge >= 0.3 is 12.1 Å². The van der Waals surface area contributed by atoms with Crippen LogP contribution >= 0.6 is 11.8 Å². The molecule has 0 aliphatic carbocycles. The van der Waals surface area contributed by atoms with Crippen LogP contribution < -0.4 is 5.32 Å². The number of amides is 1. The summed E-state index contributed by atoms with van der Waals surface area (Å²) >= 11 is 0.805. The number of nitrogens with one attached hydrogen (secondary N) is 1. The van der Waals surface area contributed by atoms with E-state index in [1.807, 2.05) is 0 Å². The molecule has 1 aromatic rings. The van der Waals surface area contributed by atoms with E-state index in [1.165, 1.54) is 7.11 Å². The standard InChI is InChI=1S/C8H10F3N5O3S/c1-19-6(18)2-16-7(13-14-15-16)20-3-5(17)12-4-8(9,10)11/h2-4H2,1H3,(H,12,17). The van der Waals surface area contributed by atoms with Gasteiger partial charge in [0.05, 0.1) is 12.9 Å². The Balaban J connectivity index is 2.44. The summed E-state index contributed by atoms with van der Waals surface area (Å²) in [4.78, 5) is 22.2. The Morgan fingerprint density at radius 1 is 1.45 bits per heavy atom. The van der Waals surface area contributed by atoms with Crippen molar-refractivity contribution in [2.24, 2.45) is 0 Å². The first kappa shape index (κ1) is 16.2. The van der Waals surface area contributed by atoms with Gasteiger partial charge in [-0.2, -0.15) is 13.2 Å². The number of carbonyl (C=O) groups excluding carboxylic acids is 2. The van der Waals surface area contributed by atoms with Gasteiger partial charge in [-0.15, -0.1) is 5.10 Å². The fourth-order valence-electron chi connectivity index (χ4n) is 0.966. The lowest BCUT2D eigenvalue weighted by Gasteiger charge is -2.07. The van der Waals surface area contributed by atoms with Crippen LogP contribution in [0.5, 0.6) is 0 Å². The molecular weight excluding hydrogens is 303 g/mol. The van der Waals surface area contributed by atoms with Gasteiger partial charge in [0.15, 0.2) is 0 Å². The van der Waals surface area contributed by atoms with E-state index >= 15 is 0 Å². The van der Waals surface area contributed by atoms with Crippen LogP contribution in [-0.4, -0.2) is 57.7 Å². The van der Waals surface area contributed by atoms with Crippen molar-refractivity contribution >= 4 is 23.6 Å². The predicted octanol–water partition coefficient (Wildman–Crippen LogP) is -0.383. The first-order valence-electron chi connectivity index (χ1n) is 5.11. The monoisotopic (exact) mass is 313 g/mol. The molecule has 1 heterocycles. The second-order valence-corrected chi connectivity index (χ2v) is 4.32. The van der Waals surface area contributed by atoms with Crippen molar-refractivity contribution in [1.82, 2.24) is 25.5 Å². The average molecular weight is 313 g/mol. The molecule has 0 fully saturated rings. The first-order valence-corrected chi connectivity index (χ1v) is 6.09. The van der Waals surface area contributed by atoms with Crippen LogP contribution in [0.15, 0.2) is 5.16 Å². The smallest absolute Gasteiger partial charge is 0.405 e. The summed E-state index contributed by atoms with van der Waals surface area (Å²) in [6.45, 7) is -1.66. The van der Waals surface area contributed by atoms with E-state index < -0.39 is 24.6 Å². The Hall–Kier alpha value is -1.85. The van der Waals surface area contributed by atoms with Crippen molar-refractivity contribution in [1.29, 1.82) is 0 Å². The maximum Gasteiger partial charge on any atom is 0.405 e. The van der Waals surface area contributed by atoms with Crippen LogP contribution in [0.3, 0.4) is 0 Å². The molecule has 0 aliphatic rings. The molecule has 0 atom stereocenters. The van der Waals surface area contributed by atoms with Gasteiger partial charge in [-0.1, -0.05) is 11.8 Å². The van der Waals surface area contributed by atoms with E-state index in [1.54, 1.807) is 5.32 Å². The first-order chi connectivity index (χ1) is 9.31. The zero-order valence-corrected chi connectivity index (χ0v) is 11.0. The zero-order chi connectivity index (χ0) is 15.2. The van der Waals surface area contributed by atoms with Gasteiger partial charge in [0.25, 0.3) is 0 Å². The number of hydrogen-bond donors (Lipinski definition) is 1. The number of aromatic nitrogens is 4. The highest BCUT2D eigenvalue weighted by Gasteiger charge is 2.27. The number of tetrazole rings is 1. The van der Waals surface area contributed by atoms with E-state index in [2.05, 4.69) is 20.3 Å². The summed E-state index contributed by atoms with van der Waals surface area (Å²) in [6.07, 6.45) is -4.47. The number of hydrogen-bond acceptors (Lipinski definition) is 7. The van der Waals surface area contributed by atoms with Gasteiger partial charge in [0.2, 0.25) is 11.1 Å². The molecule has 0 saturated heterocycles. The van der Waals surface area contributed by atoms with Crippen molar-refractivity contribution in [3.8, 4) is 0 Å². The van der Waals surface area contributed by atoms with Crippen molar-refractivity contribution in [3.05, 3.63) is 0 Å². The van der Waals surface area contributed by atoms with E-state index in [0.29, 0.717) is 0 Å². The molecule has 112 valence electrons. The summed E-state index contributed by atoms with van der Waals surface area (Å²) < 4.78 is 41.1. The molecule has 20 heavy (non-hydrogen) atoms. The van der Waals surface area contributed by atoms with E-state index in [4.69, 9.17) is 0 Å². The van der Waals surface area contributed by atoms with Crippen LogP contribution in [0, 0.1) is 0 Å². The summed E-state index contributed by atoms with van der Waals surface area (Å²) in [5.74, 6) is -1.72. The predicted molar refractivity (Wildman–Crippen MR) is 59.6 cm³/mol. The fraction of sp³-hybridized carbons (Fsp3) is 0.625. The molecule has 0 spiro atoms. The minimum absolute atomic E-state index is 0.123. The number of carbonyl (C=O) groups is 2. The number of alkyl halides is 3. The molecule has 0 aliphatic heterocycles. The Labute approximate surface area is 115 Å². The Kier molecular flexibility index (Phi) is 5.73. The SMILES string of the molecule is COC(=O)Cn1nnnc1SCC(=O)NCC(F)(F)F. The minimum Gasteiger partial charge on any atom is -0.468 e. The summed E-state index contributed by atoms with van der Waals surface area (Å²) in [6, 6.07) is 0. The second-order valence-electron chi connectivity index (χ2n) is 3.38. The molecule has 0 saturated carbocycles. The third-order valence-corrected chi connectivity index (χ3v) is 2.78. The highest BCUT2D eigenvalue weighted by atomic mass is 32.2. The second kappa shape index (κ2) is 7.07. The van der Waals surface area contributed by atoms with Crippen LogP contribution in [0.2, 0.25) is 0 Å². The molecule has 12 heteroatoms. The van der Waals surface area contributed by atoms with Crippen molar-refractivity contribution in [2.45, 2.75) is 17.9 Å². The number of nitrogens with zero attached hydrogens (tertiary/aromatic N) is 4. The number of esters is 1. The maximum absolute atomic E-state index is 11.9. The van der Waals surface area contributed by atoms with Gasteiger partial charge in [-0.05, 0) is 10.4 Å². The van der Waals surface area contributed by atoms with Gasteiger partial charge in [-0.25, -0.2) is 4.68 Å². The third kappa shape index (κ3) is 5.86. The molecule has 0 bridgehead atoms. The number of halogens is 3. The van der Waals surface area contributed by atoms with Gasteiger partial charge in [-0.3, -0.25) is 9.59 Å². The van der Waals surface area contributed by atoms with Crippen molar-refractivity contribution in [3.63, 3.8) is 0 Å². The molecule has 8 nitrogen and oxygen atoms in total. The van der Waals surface area contributed by atoms with Gasteiger partial charge < -0.3 is 10.1 Å². The van der Waals surface area contributed by atoms with Crippen LogP contribution in [-0.2, 0) is 20.9 Å². The quantitative estimate of drug-likeness (QED) is 0.564. The van der Waals surface area contributed by atoms with Gasteiger partial charge in [0.1, 0.15) is 13.1 Å². The fourth-order valence-corrected chi connectivity index (χ4v) is 1.67. The maximum atomic E-state index is 11.9. The molecule has 0 unspecified atom stereocenters. The molecule has 0 aromatic carbocycles. The highest BCUT2D eigenvalue weighted by molar-refractivity contribution is 7.99. The largest absolute Gasteiger partial charge is 0.468 e. The number of methoxy groups -OCH3 is 1. The Bertz CT molecular complexity index is 478. The number of ether oxygens (including phenoxy) is 1. The lowest BCUT2D eigenvalue weighted by atomic mass is 10.6. The van der Waals surface area contributed by atoms with E-state index in [-0.39, 0.29) is 17.5 Å². The molecule has 1 rings (SSSR count). The molecule has 1 aromatic heterocycles. The molecule has 1 N–H and O–H groups in total. The van der Waals surface area contributed by atoms with Gasteiger partial charge in [0, 0.05) is 0 Å². The highest BCUT2D eigenvalue weighted by Crippen LogP contribution is 2.14. The van der Waals surface area contributed by atoms with Crippen molar-refractivity contribution < 1.29 is 27.5 Å². The summed E-state index contributed by atoms with van der Waals surface area (Å²) in [5.41, 5.74) is 0. The van der Waals surface area contributed by atoms with E-state index in [0.717, 1.165) is 16.4 Å². The normalized spacial score (nSPS) is 11.2. The van der Waals surface area contributed by atoms with Crippen LogP contribution in [0.25, 0.3) is 0 Å². The summed E-state index contributed by atoms with van der Waals surface area (Å²) in [5, 5.41) is 12.1. The molecule has 0 radical (unpaired) electrons. The minimum atomic E-state index is -4.47. The van der Waals surface area contributed by atoms with E-state index in [9.17, 15) is 22.8 Å². The Morgan fingerprint density at radius 2 is 2.15 bits per heavy atom. The topological polar surface area (TPSA) is 99.0 Å². The van der Waals surface area contributed by atoms with Crippen molar-refractivity contribution in [2.75, 3.05) is 19.4 Å². The number of thioether (sulfide) groups is 1. The number of rotatable bonds is 6. The lowest BCUT2D eigenvalue weighted by Crippen LogP contribution is -2.34. The zero-order valence-electron chi connectivity index (χ0n) is 10.2. The lowest BCUT2D eigenvalue weighted by molar-refractivity contribution is -0.141. The van der Waals surface area contributed by atoms with Crippen LogP contribution in [0.1, 0.15) is 0 Å². The average Bonchev–Trinajstić information content (AvgIpc) is 2.80. The van der Waals surface area contributed by atoms with Crippen LogP contribution in [0.4, 0.5) is 13.2 Å². The Morgan fingerprint density at radius 3 is 2.75 bits per heavy atom. The summed E-state index contributed by atoms with van der Waals surface area (Å²) in [7, 11) is 1.18. The third-order valence-electron chi connectivity index (χ3n) is 1.82. The molecular formula is C8H10F3N5O3S.